The van der Waals surface area contributed by atoms with Crippen molar-refractivity contribution in [3.05, 3.63) is 94.2 Å². The molecule has 2 aromatic carbocycles. The summed E-state index contributed by atoms with van der Waals surface area (Å²) in [6, 6.07) is 23.9. The number of aryl methyl sites for hydroxylation is 1. The van der Waals surface area contributed by atoms with E-state index in [0.29, 0.717) is 11.8 Å². The third-order valence-corrected chi connectivity index (χ3v) is 8.67. The van der Waals surface area contributed by atoms with Crippen molar-refractivity contribution in [1.82, 2.24) is 9.80 Å². The molecule has 2 aliphatic rings. The van der Waals surface area contributed by atoms with Gasteiger partial charge in [-0.15, -0.1) is 0 Å². The molecule has 0 bridgehead atoms. The highest BCUT2D eigenvalue weighted by Crippen LogP contribution is 2.36. The summed E-state index contributed by atoms with van der Waals surface area (Å²) in [4.78, 5) is 5.27. The molecule has 0 saturated carbocycles. The van der Waals surface area contributed by atoms with Gasteiger partial charge < -0.3 is 10.0 Å². The molecule has 0 spiro atoms. The van der Waals surface area contributed by atoms with Crippen LogP contribution in [0.1, 0.15) is 48.3 Å². The first-order valence-corrected chi connectivity index (χ1v) is 13.9. The summed E-state index contributed by atoms with van der Waals surface area (Å²) in [5, 5.41) is 15.8. The largest absolute Gasteiger partial charge is 0.390 e. The van der Waals surface area contributed by atoms with Crippen molar-refractivity contribution < 1.29 is 5.11 Å². The van der Waals surface area contributed by atoms with Crippen molar-refractivity contribution in [2.45, 2.75) is 50.2 Å². The molecule has 2 saturated heterocycles. The van der Waals surface area contributed by atoms with E-state index in [0.717, 1.165) is 71.4 Å². The van der Waals surface area contributed by atoms with E-state index in [9.17, 15) is 5.11 Å². The maximum atomic E-state index is 11.2. The number of rotatable bonds is 9. The average Bonchev–Trinajstić information content (AvgIpc) is 3.52. The maximum Gasteiger partial charge on any atom is 0.0672 e. The highest BCUT2D eigenvalue weighted by molar-refractivity contribution is 7.08. The van der Waals surface area contributed by atoms with E-state index < -0.39 is 5.60 Å². The zero-order valence-corrected chi connectivity index (χ0v) is 21.0. The first kappa shape index (κ1) is 23.7. The van der Waals surface area contributed by atoms with Gasteiger partial charge in [0.25, 0.3) is 0 Å². The van der Waals surface area contributed by atoms with Crippen molar-refractivity contribution in [2.24, 2.45) is 5.92 Å². The number of benzene rings is 2. The minimum Gasteiger partial charge on any atom is -0.390 e. The molecule has 1 N–H and O–H groups in total. The second-order valence-electron chi connectivity index (χ2n) is 10.5. The minimum absolute atomic E-state index is 0.479. The summed E-state index contributed by atoms with van der Waals surface area (Å²) in [5.41, 5.74) is 3.82. The van der Waals surface area contributed by atoms with E-state index in [-0.39, 0.29) is 0 Å². The van der Waals surface area contributed by atoms with Crippen molar-refractivity contribution in [3.63, 3.8) is 0 Å². The van der Waals surface area contributed by atoms with E-state index >= 15 is 0 Å². The Morgan fingerprint density at radius 3 is 2.24 bits per heavy atom. The lowest BCUT2D eigenvalue weighted by Gasteiger charge is -2.39. The molecule has 2 atom stereocenters. The van der Waals surface area contributed by atoms with Gasteiger partial charge in [0.1, 0.15) is 0 Å². The molecule has 180 valence electrons. The van der Waals surface area contributed by atoms with Gasteiger partial charge in [0.15, 0.2) is 0 Å². The quantitative estimate of drug-likeness (QED) is 0.424. The Labute approximate surface area is 209 Å². The predicted octanol–water partition coefficient (Wildman–Crippen LogP) is 5.81. The third kappa shape index (κ3) is 6.17. The molecule has 34 heavy (non-hydrogen) atoms. The van der Waals surface area contributed by atoms with Crippen LogP contribution in [0.3, 0.4) is 0 Å². The van der Waals surface area contributed by atoms with E-state index in [4.69, 9.17) is 0 Å². The van der Waals surface area contributed by atoms with Gasteiger partial charge >= 0.3 is 0 Å². The van der Waals surface area contributed by atoms with Gasteiger partial charge in [-0.25, -0.2) is 0 Å². The Morgan fingerprint density at radius 1 is 0.853 bits per heavy atom. The van der Waals surface area contributed by atoms with Gasteiger partial charge in [0.05, 0.1) is 5.60 Å². The molecule has 4 heteroatoms. The predicted molar refractivity (Wildman–Crippen MR) is 142 cm³/mol. The Kier molecular flexibility index (Phi) is 7.80. The van der Waals surface area contributed by atoms with Crippen LogP contribution in [0.25, 0.3) is 0 Å². The van der Waals surface area contributed by atoms with Crippen LogP contribution in [-0.4, -0.2) is 53.2 Å². The third-order valence-electron chi connectivity index (χ3n) is 7.97. The van der Waals surface area contributed by atoms with Crippen LogP contribution >= 0.6 is 11.3 Å². The van der Waals surface area contributed by atoms with Crippen LogP contribution in [0.5, 0.6) is 0 Å². The summed E-state index contributed by atoms with van der Waals surface area (Å²) in [6.45, 7) is 6.53. The molecule has 0 amide bonds. The van der Waals surface area contributed by atoms with Crippen LogP contribution in [0.2, 0.25) is 0 Å². The second kappa shape index (κ2) is 11.2. The Bertz CT molecular complexity index is 983. The summed E-state index contributed by atoms with van der Waals surface area (Å²) < 4.78 is 0. The first-order chi connectivity index (χ1) is 16.7. The number of aliphatic hydroxyl groups is 1. The molecular formula is C30H38N2OS. The molecule has 5 rings (SSSR count). The van der Waals surface area contributed by atoms with E-state index in [2.05, 4.69) is 87.3 Å². The monoisotopic (exact) mass is 474 g/mol. The maximum absolute atomic E-state index is 11.2. The molecule has 3 nitrogen and oxygen atoms in total. The number of nitrogens with zero attached hydrogens (tertiary/aromatic N) is 2. The van der Waals surface area contributed by atoms with Gasteiger partial charge in [0.2, 0.25) is 0 Å². The summed E-state index contributed by atoms with van der Waals surface area (Å²) in [7, 11) is 0. The molecule has 0 aliphatic carbocycles. The Morgan fingerprint density at radius 2 is 1.56 bits per heavy atom. The lowest BCUT2D eigenvalue weighted by Crippen LogP contribution is -2.46. The summed E-state index contributed by atoms with van der Waals surface area (Å²) >= 11 is 1.82. The number of piperidine rings is 1. The van der Waals surface area contributed by atoms with E-state index in [1.54, 1.807) is 0 Å². The van der Waals surface area contributed by atoms with Crippen molar-refractivity contribution in [2.75, 3.05) is 32.7 Å². The number of likely N-dealkylation sites (tertiary alicyclic amines) is 2. The van der Waals surface area contributed by atoms with Crippen LogP contribution in [0.4, 0.5) is 0 Å². The van der Waals surface area contributed by atoms with Crippen molar-refractivity contribution in [3.8, 4) is 0 Å². The van der Waals surface area contributed by atoms with Crippen LogP contribution in [-0.2, 0) is 13.0 Å². The van der Waals surface area contributed by atoms with Crippen LogP contribution < -0.4 is 0 Å². The van der Waals surface area contributed by atoms with Gasteiger partial charge in [-0.05, 0) is 71.5 Å². The zero-order chi connectivity index (χ0) is 23.2. The van der Waals surface area contributed by atoms with Gasteiger partial charge in [-0.3, -0.25) is 4.90 Å². The molecular weight excluding hydrogens is 436 g/mol. The van der Waals surface area contributed by atoms with Crippen molar-refractivity contribution in [1.29, 1.82) is 0 Å². The average molecular weight is 475 g/mol. The normalized spacial score (nSPS) is 23.3. The Balaban J connectivity index is 1.14. The van der Waals surface area contributed by atoms with Gasteiger partial charge in [-0.2, -0.15) is 11.3 Å². The minimum atomic E-state index is -0.479. The van der Waals surface area contributed by atoms with E-state index in [1.165, 1.54) is 16.7 Å². The molecule has 3 aromatic rings. The fourth-order valence-corrected chi connectivity index (χ4v) is 6.70. The van der Waals surface area contributed by atoms with Gasteiger partial charge in [0, 0.05) is 45.2 Å². The summed E-state index contributed by atoms with van der Waals surface area (Å²) in [6.07, 6.45) is 4.87. The standard InChI is InChI=1S/C30H38N2OS/c33-30(14-7-12-25-8-3-1-4-9-25)15-17-31(18-16-30)21-28-22-32(20-26-10-5-2-6-11-26)23-29(28)27-13-19-34-24-27/h1-6,8-11,13,19,24,28-29,33H,7,12,14-18,20-23H2/t28-,29+/m1/s1. The van der Waals surface area contributed by atoms with Crippen LogP contribution in [0, 0.1) is 5.92 Å². The molecule has 2 fully saturated rings. The molecule has 2 aliphatic heterocycles. The fourth-order valence-electron chi connectivity index (χ4n) is 5.98. The van der Waals surface area contributed by atoms with Gasteiger partial charge in [-0.1, -0.05) is 60.7 Å². The SMILES string of the molecule is OC1(CCCc2ccccc2)CCN(C[C@@H]2CN(Cc3ccccc3)C[C@H]2c2ccsc2)CC1. The lowest BCUT2D eigenvalue weighted by atomic mass is 9.84. The molecule has 0 unspecified atom stereocenters. The highest BCUT2D eigenvalue weighted by Gasteiger charge is 2.37. The number of hydrogen-bond donors (Lipinski definition) is 1. The van der Waals surface area contributed by atoms with E-state index in [1.807, 2.05) is 11.3 Å². The topological polar surface area (TPSA) is 26.7 Å². The molecule has 0 radical (unpaired) electrons. The zero-order valence-electron chi connectivity index (χ0n) is 20.2. The molecule has 3 heterocycles. The van der Waals surface area contributed by atoms with Crippen LogP contribution in [0.15, 0.2) is 77.5 Å². The fraction of sp³-hybridized carbons (Fsp3) is 0.467. The molecule has 1 aromatic heterocycles. The first-order valence-electron chi connectivity index (χ1n) is 12.9. The summed E-state index contributed by atoms with van der Waals surface area (Å²) in [5.74, 6) is 1.27. The number of hydrogen-bond acceptors (Lipinski definition) is 4. The van der Waals surface area contributed by atoms with Crippen molar-refractivity contribution >= 4 is 11.3 Å². The second-order valence-corrected chi connectivity index (χ2v) is 11.2. The highest BCUT2D eigenvalue weighted by atomic mass is 32.1. The number of thiophene rings is 1. The Hall–Kier alpha value is -1.98. The lowest BCUT2D eigenvalue weighted by molar-refractivity contribution is -0.0316. The smallest absolute Gasteiger partial charge is 0.0672 e.